The standard InChI is InChI=1S/C18H27ClN2O3/c1-4-17(22)21(13-15-7-9-16(19)10-8-15)14(3)18(23)20-11-6-12-24-5-2/h7-10,14H,4-6,11-13H2,1-3H3,(H,20,23)/t14-/m1/s1. The smallest absolute Gasteiger partial charge is 0.242 e. The zero-order valence-electron chi connectivity index (χ0n) is 14.7. The largest absolute Gasteiger partial charge is 0.382 e. The van der Waals surface area contributed by atoms with Gasteiger partial charge < -0.3 is 15.0 Å². The summed E-state index contributed by atoms with van der Waals surface area (Å²) in [5.74, 6) is -0.204. The molecule has 5 nitrogen and oxygen atoms in total. The fraction of sp³-hybridized carbons (Fsp3) is 0.556. The van der Waals surface area contributed by atoms with E-state index in [1.165, 1.54) is 0 Å². The summed E-state index contributed by atoms with van der Waals surface area (Å²) in [6, 6.07) is 6.77. The van der Waals surface area contributed by atoms with Crippen LogP contribution >= 0.6 is 11.6 Å². The van der Waals surface area contributed by atoms with E-state index in [1.54, 1.807) is 30.9 Å². The number of benzene rings is 1. The van der Waals surface area contributed by atoms with E-state index >= 15 is 0 Å². The summed E-state index contributed by atoms with van der Waals surface area (Å²) in [6.07, 6.45) is 1.11. The minimum absolute atomic E-state index is 0.0538. The average Bonchev–Trinajstić information content (AvgIpc) is 2.59. The first-order valence-electron chi connectivity index (χ1n) is 8.38. The van der Waals surface area contributed by atoms with Crippen LogP contribution in [0.1, 0.15) is 39.2 Å². The van der Waals surface area contributed by atoms with Crippen molar-refractivity contribution in [2.75, 3.05) is 19.8 Å². The van der Waals surface area contributed by atoms with Crippen molar-refractivity contribution >= 4 is 23.4 Å². The zero-order chi connectivity index (χ0) is 17.9. The van der Waals surface area contributed by atoms with Gasteiger partial charge in [0.1, 0.15) is 6.04 Å². The van der Waals surface area contributed by atoms with Crippen molar-refractivity contribution in [2.24, 2.45) is 0 Å². The second kappa shape index (κ2) is 11.0. The molecule has 0 aliphatic carbocycles. The zero-order valence-corrected chi connectivity index (χ0v) is 15.4. The highest BCUT2D eigenvalue weighted by atomic mass is 35.5. The number of amides is 2. The van der Waals surface area contributed by atoms with Crippen LogP contribution in [0.4, 0.5) is 0 Å². The van der Waals surface area contributed by atoms with E-state index < -0.39 is 6.04 Å². The minimum Gasteiger partial charge on any atom is -0.382 e. The number of halogens is 1. The predicted octanol–water partition coefficient (Wildman–Crippen LogP) is 3.01. The lowest BCUT2D eigenvalue weighted by atomic mass is 10.1. The Balaban J connectivity index is 2.63. The SMILES string of the molecule is CCOCCCNC(=O)[C@@H](C)N(Cc1ccc(Cl)cc1)C(=O)CC. The van der Waals surface area contributed by atoms with Crippen molar-refractivity contribution in [3.05, 3.63) is 34.9 Å². The molecule has 1 N–H and O–H groups in total. The lowest BCUT2D eigenvalue weighted by Gasteiger charge is -2.28. The molecular formula is C18H27ClN2O3. The Morgan fingerprint density at radius 2 is 1.92 bits per heavy atom. The molecule has 1 rings (SSSR count). The molecule has 0 fully saturated rings. The molecule has 1 atom stereocenters. The Bertz CT molecular complexity index is 520. The van der Waals surface area contributed by atoms with E-state index in [-0.39, 0.29) is 11.8 Å². The van der Waals surface area contributed by atoms with Gasteiger partial charge in [-0.3, -0.25) is 9.59 Å². The van der Waals surface area contributed by atoms with Gasteiger partial charge in [-0.2, -0.15) is 0 Å². The highest BCUT2D eigenvalue weighted by molar-refractivity contribution is 6.30. The minimum atomic E-state index is -0.528. The van der Waals surface area contributed by atoms with Gasteiger partial charge in [0.25, 0.3) is 0 Å². The summed E-state index contributed by atoms with van der Waals surface area (Å²) in [6.45, 7) is 7.70. The van der Waals surface area contributed by atoms with E-state index in [9.17, 15) is 9.59 Å². The maximum atomic E-state index is 12.3. The van der Waals surface area contributed by atoms with Gasteiger partial charge in [0.05, 0.1) is 0 Å². The number of hydrogen-bond donors (Lipinski definition) is 1. The molecule has 0 bridgehead atoms. The highest BCUT2D eigenvalue weighted by Crippen LogP contribution is 2.14. The van der Waals surface area contributed by atoms with Gasteiger partial charge in [-0.25, -0.2) is 0 Å². The van der Waals surface area contributed by atoms with Crippen molar-refractivity contribution in [2.45, 2.75) is 46.2 Å². The molecule has 1 aromatic rings. The number of nitrogens with one attached hydrogen (secondary N) is 1. The van der Waals surface area contributed by atoms with Gasteiger partial charge >= 0.3 is 0 Å². The molecule has 0 saturated heterocycles. The molecule has 0 saturated carbocycles. The second-order valence-corrected chi connectivity index (χ2v) is 5.96. The van der Waals surface area contributed by atoms with Gasteiger partial charge in [0.2, 0.25) is 11.8 Å². The lowest BCUT2D eigenvalue weighted by Crippen LogP contribution is -2.47. The van der Waals surface area contributed by atoms with Gasteiger partial charge in [-0.05, 0) is 38.0 Å². The Labute approximate surface area is 149 Å². The molecule has 0 unspecified atom stereocenters. The maximum Gasteiger partial charge on any atom is 0.242 e. The van der Waals surface area contributed by atoms with Crippen molar-refractivity contribution in [1.29, 1.82) is 0 Å². The second-order valence-electron chi connectivity index (χ2n) is 5.52. The third-order valence-corrected chi connectivity index (χ3v) is 3.96. The van der Waals surface area contributed by atoms with Crippen LogP contribution in [0.3, 0.4) is 0 Å². The molecule has 0 radical (unpaired) electrons. The van der Waals surface area contributed by atoms with Gasteiger partial charge in [-0.1, -0.05) is 30.7 Å². The monoisotopic (exact) mass is 354 g/mol. The van der Waals surface area contributed by atoms with Crippen LogP contribution in [-0.4, -0.2) is 42.5 Å². The normalized spacial score (nSPS) is 11.8. The Morgan fingerprint density at radius 3 is 2.50 bits per heavy atom. The van der Waals surface area contributed by atoms with Crippen LogP contribution in [0.2, 0.25) is 5.02 Å². The third-order valence-electron chi connectivity index (χ3n) is 3.70. The van der Waals surface area contributed by atoms with Crippen LogP contribution in [0.15, 0.2) is 24.3 Å². The van der Waals surface area contributed by atoms with E-state index in [0.717, 1.165) is 12.0 Å². The quantitative estimate of drug-likeness (QED) is 0.657. The molecular weight excluding hydrogens is 328 g/mol. The van der Waals surface area contributed by atoms with Crippen molar-refractivity contribution < 1.29 is 14.3 Å². The summed E-state index contributed by atoms with van der Waals surface area (Å²) >= 11 is 5.89. The summed E-state index contributed by atoms with van der Waals surface area (Å²) in [7, 11) is 0. The molecule has 0 heterocycles. The van der Waals surface area contributed by atoms with E-state index in [1.807, 2.05) is 19.1 Å². The molecule has 24 heavy (non-hydrogen) atoms. The Morgan fingerprint density at radius 1 is 1.25 bits per heavy atom. The van der Waals surface area contributed by atoms with Crippen molar-refractivity contribution in [3.63, 3.8) is 0 Å². The molecule has 2 amide bonds. The van der Waals surface area contributed by atoms with Gasteiger partial charge in [0, 0.05) is 37.7 Å². The highest BCUT2D eigenvalue weighted by Gasteiger charge is 2.24. The molecule has 6 heteroatoms. The van der Waals surface area contributed by atoms with Crippen molar-refractivity contribution in [3.8, 4) is 0 Å². The van der Waals surface area contributed by atoms with Crippen LogP contribution in [0.5, 0.6) is 0 Å². The molecule has 0 aliphatic heterocycles. The van der Waals surface area contributed by atoms with Crippen LogP contribution in [-0.2, 0) is 20.9 Å². The molecule has 0 aliphatic rings. The van der Waals surface area contributed by atoms with Crippen LogP contribution in [0.25, 0.3) is 0 Å². The molecule has 1 aromatic carbocycles. The molecule has 134 valence electrons. The fourth-order valence-electron chi connectivity index (χ4n) is 2.25. The number of carbonyl (C=O) groups is 2. The third kappa shape index (κ3) is 6.89. The van der Waals surface area contributed by atoms with Crippen molar-refractivity contribution in [1.82, 2.24) is 10.2 Å². The summed E-state index contributed by atoms with van der Waals surface area (Å²) in [5, 5.41) is 3.51. The van der Waals surface area contributed by atoms with E-state index in [0.29, 0.717) is 37.7 Å². The first-order chi connectivity index (χ1) is 11.5. The summed E-state index contributed by atoms with van der Waals surface area (Å²) in [4.78, 5) is 26.2. The Hall–Kier alpha value is -1.59. The summed E-state index contributed by atoms with van der Waals surface area (Å²) < 4.78 is 5.24. The van der Waals surface area contributed by atoms with Crippen LogP contribution in [0, 0.1) is 0 Å². The topological polar surface area (TPSA) is 58.6 Å². The van der Waals surface area contributed by atoms with Gasteiger partial charge in [-0.15, -0.1) is 0 Å². The first-order valence-corrected chi connectivity index (χ1v) is 8.76. The fourth-order valence-corrected chi connectivity index (χ4v) is 2.38. The number of rotatable bonds is 10. The number of ether oxygens (including phenoxy) is 1. The Kier molecular flexibility index (Phi) is 9.42. The number of nitrogens with zero attached hydrogens (tertiary/aromatic N) is 1. The number of hydrogen-bond acceptors (Lipinski definition) is 3. The molecule has 0 spiro atoms. The summed E-state index contributed by atoms with van der Waals surface area (Å²) in [5.41, 5.74) is 0.942. The predicted molar refractivity (Wildman–Crippen MR) is 95.9 cm³/mol. The lowest BCUT2D eigenvalue weighted by molar-refractivity contribution is -0.140. The first kappa shape index (κ1) is 20.5. The molecule has 0 aromatic heterocycles. The number of carbonyl (C=O) groups excluding carboxylic acids is 2. The maximum absolute atomic E-state index is 12.3. The van der Waals surface area contributed by atoms with E-state index in [4.69, 9.17) is 16.3 Å². The van der Waals surface area contributed by atoms with Crippen LogP contribution < -0.4 is 5.32 Å². The average molecular weight is 355 g/mol. The van der Waals surface area contributed by atoms with Gasteiger partial charge in [0.15, 0.2) is 0 Å². The van der Waals surface area contributed by atoms with E-state index in [2.05, 4.69) is 5.32 Å².